The van der Waals surface area contributed by atoms with Gasteiger partial charge in [0.05, 0.1) is 17.4 Å². The summed E-state index contributed by atoms with van der Waals surface area (Å²) in [5, 5.41) is 8.83. The molecule has 16 heavy (non-hydrogen) atoms. The van der Waals surface area contributed by atoms with Crippen molar-refractivity contribution in [2.24, 2.45) is 0 Å². The molecule has 0 radical (unpaired) electrons. The molecule has 1 aromatic rings. The van der Waals surface area contributed by atoms with Gasteiger partial charge < -0.3 is 0 Å². The third-order valence-electron chi connectivity index (χ3n) is 2.06. The van der Waals surface area contributed by atoms with Crippen molar-refractivity contribution >= 4 is 10.0 Å². The summed E-state index contributed by atoms with van der Waals surface area (Å²) in [4.78, 5) is 0. The molecule has 0 atom stereocenters. The van der Waals surface area contributed by atoms with Crippen molar-refractivity contribution in [3.05, 3.63) is 35.4 Å². The number of nitriles is 1. The fourth-order valence-corrected chi connectivity index (χ4v) is 2.55. The van der Waals surface area contributed by atoms with E-state index in [9.17, 15) is 8.42 Å². The van der Waals surface area contributed by atoms with E-state index < -0.39 is 10.0 Å². The molecule has 0 fully saturated rings. The van der Waals surface area contributed by atoms with Gasteiger partial charge in [-0.3, -0.25) is 0 Å². The minimum absolute atomic E-state index is 0.142. The predicted molar refractivity (Wildman–Crippen MR) is 62.1 cm³/mol. The Hall–Kier alpha value is -1.38. The van der Waals surface area contributed by atoms with Gasteiger partial charge in [-0.05, 0) is 18.1 Å². The number of benzene rings is 1. The molecule has 0 aliphatic rings. The fraction of sp³-hybridized carbons (Fsp3) is 0.364. The summed E-state index contributed by atoms with van der Waals surface area (Å²) in [5.41, 5.74) is 0.943. The van der Waals surface area contributed by atoms with Gasteiger partial charge in [0.15, 0.2) is 0 Å². The van der Waals surface area contributed by atoms with Gasteiger partial charge in [0.2, 0.25) is 10.0 Å². The number of sulfonamides is 1. The summed E-state index contributed by atoms with van der Waals surface area (Å²) >= 11 is 0. The van der Waals surface area contributed by atoms with Gasteiger partial charge in [0.1, 0.15) is 0 Å². The predicted octanol–water partition coefficient (Wildman–Crippen LogP) is 1.39. The molecule has 0 heterocycles. The Morgan fingerprint density at radius 2 is 2.06 bits per heavy atom. The maximum Gasteiger partial charge on any atom is 0.215 e. The lowest BCUT2D eigenvalue weighted by Crippen LogP contribution is -2.26. The zero-order valence-electron chi connectivity index (χ0n) is 9.10. The maximum absolute atomic E-state index is 11.6. The largest absolute Gasteiger partial charge is 0.215 e. The topological polar surface area (TPSA) is 70.0 Å². The summed E-state index contributed by atoms with van der Waals surface area (Å²) in [6.07, 6.45) is 0.749. The summed E-state index contributed by atoms with van der Waals surface area (Å²) in [6.45, 7) is 2.32. The van der Waals surface area contributed by atoms with Crippen molar-refractivity contribution < 1.29 is 8.42 Å². The smallest absolute Gasteiger partial charge is 0.215 e. The molecule has 0 unspecified atom stereocenters. The SMILES string of the molecule is CCCNS(=O)(=O)Cc1ccccc1C#N. The summed E-state index contributed by atoms with van der Waals surface area (Å²) in [7, 11) is -3.33. The second kappa shape index (κ2) is 5.64. The highest BCUT2D eigenvalue weighted by Crippen LogP contribution is 2.10. The Labute approximate surface area is 96.0 Å². The minimum Gasteiger partial charge on any atom is -0.215 e. The van der Waals surface area contributed by atoms with E-state index in [1.165, 1.54) is 0 Å². The molecule has 5 heteroatoms. The van der Waals surface area contributed by atoms with E-state index in [4.69, 9.17) is 5.26 Å². The number of hydrogen-bond donors (Lipinski definition) is 1. The van der Waals surface area contributed by atoms with Gasteiger partial charge in [0.25, 0.3) is 0 Å². The van der Waals surface area contributed by atoms with Gasteiger partial charge in [-0.25, -0.2) is 13.1 Å². The molecule has 4 nitrogen and oxygen atoms in total. The summed E-state index contributed by atoms with van der Waals surface area (Å²) in [5.74, 6) is -0.142. The van der Waals surface area contributed by atoms with Gasteiger partial charge in [0, 0.05) is 6.54 Å². The normalized spacial score (nSPS) is 11.0. The van der Waals surface area contributed by atoms with Crippen molar-refractivity contribution in [3.63, 3.8) is 0 Å². The van der Waals surface area contributed by atoms with Crippen LogP contribution in [0.5, 0.6) is 0 Å². The molecular weight excluding hydrogens is 224 g/mol. The second-order valence-electron chi connectivity index (χ2n) is 3.42. The van der Waals surface area contributed by atoms with E-state index in [0.717, 1.165) is 6.42 Å². The number of nitrogens with zero attached hydrogens (tertiary/aromatic N) is 1. The molecule has 1 N–H and O–H groups in total. The van der Waals surface area contributed by atoms with Crippen LogP contribution in [-0.4, -0.2) is 15.0 Å². The molecular formula is C11H14N2O2S. The highest BCUT2D eigenvalue weighted by atomic mass is 32.2. The van der Waals surface area contributed by atoms with Gasteiger partial charge in [-0.1, -0.05) is 25.1 Å². The van der Waals surface area contributed by atoms with Crippen LogP contribution >= 0.6 is 0 Å². The van der Waals surface area contributed by atoms with Crippen LogP contribution < -0.4 is 4.72 Å². The lowest BCUT2D eigenvalue weighted by Gasteiger charge is -2.06. The van der Waals surface area contributed by atoms with Gasteiger partial charge >= 0.3 is 0 Å². The van der Waals surface area contributed by atoms with Crippen LogP contribution in [0.1, 0.15) is 24.5 Å². The molecule has 1 aromatic carbocycles. The van der Waals surface area contributed by atoms with Crippen molar-refractivity contribution in [2.45, 2.75) is 19.1 Å². The van der Waals surface area contributed by atoms with Gasteiger partial charge in [-0.15, -0.1) is 0 Å². The van der Waals surface area contributed by atoms with Crippen molar-refractivity contribution in [3.8, 4) is 6.07 Å². The first-order chi connectivity index (χ1) is 7.59. The molecule has 0 bridgehead atoms. The average Bonchev–Trinajstić information content (AvgIpc) is 2.27. The van der Waals surface area contributed by atoms with Crippen molar-refractivity contribution in [1.29, 1.82) is 5.26 Å². The average molecular weight is 238 g/mol. The third kappa shape index (κ3) is 3.65. The van der Waals surface area contributed by atoms with Crippen LogP contribution in [0, 0.1) is 11.3 Å². The Morgan fingerprint density at radius 1 is 1.38 bits per heavy atom. The van der Waals surface area contributed by atoms with Crippen LogP contribution in [0.4, 0.5) is 0 Å². The van der Waals surface area contributed by atoms with E-state index in [1.54, 1.807) is 24.3 Å². The first-order valence-electron chi connectivity index (χ1n) is 5.04. The summed E-state index contributed by atoms with van der Waals surface area (Å²) < 4.78 is 25.7. The molecule has 1 rings (SSSR count). The van der Waals surface area contributed by atoms with Crippen molar-refractivity contribution in [2.75, 3.05) is 6.54 Å². The minimum atomic E-state index is -3.33. The zero-order chi connectivity index (χ0) is 12.0. The standard InChI is InChI=1S/C11H14N2O2S/c1-2-7-13-16(14,15)9-11-6-4-3-5-10(11)8-12/h3-6,13H,2,7,9H2,1H3. The molecule has 0 aromatic heterocycles. The molecule has 0 saturated carbocycles. The van der Waals surface area contributed by atoms with E-state index in [0.29, 0.717) is 17.7 Å². The van der Waals surface area contributed by atoms with E-state index in [1.807, 2.05) is 13.0 Å². The fourth-order valence-electron chi connectivity index (χ4n) is 1.27. The molecule has 0 aliphatic carbocycles. The summed E-state index contributed by atoms with van der Waals surface area (Å²) in [6, 6.07) is 8.70. The van der Waals surface area contributed by atoms with Crippen LogP contribution in [0.25, 0.3) is 0 Å². The molecule has 0 amide bonds. The lowest BCUT2D eigenvalue weighted by molar-refractivity contribution is 0.580. The maximum atomic E-state index is 11.6. The van der Waals surface area contributed by atoms with E-state index >= 15 is 0 Å². The molecule has 0 aliphatic heterocycles. The Kier molecular flexibility index (Phi) is 4.47. The number of hydrogen-bond acceptors (Lipinski definition) is 3. The van der Waals surface area contributed by atoms with Crippen LogP contribution in [0.2, 0.25) is 0 Å². The first kappa shape index (κ1) is 12.7. The molecule has 0 saturated heterocycles. The van der Waals surface area contributed by atoms with Gasteiger partial charge in [-0.2, -0.15) is 5.26 Å². The van der Waals surface area contributed by atoms with Crippen LogP contribution in [0.3, 0.4) is 0 Å². The monoisotopic (exact) mass is 238 g/mol. The quantitative estimate of drug-likeness (QED) is 0.842. The number of rotatable bonds is 5. The highest BCUT2D eigenvalue weighted by Gasteiger charge is 2.12. The first-order valence-corrected chi connectivity index (χ1v) is 6.69. The molecule has 0 spiro atoms. The Balaban J connectivity index is 2.85. The van der Waals surface area contributed by atoms with Crippen molar-refractivity contribution in [1.82, 2.24) is 4.72 Å². The lowest BCUT2D eigenvalue weighted by atomic mass is 10.1. The Bertz CT molecular complexity index is 489. The zero-order valence-corrected chi connectivity index (χ0v) is 9.92. The highest BCUT2D eigenvalue weighted by molar-refractivity contribution is 7.88. The third-order valence-corrected chi connectivity index (χ3v) is 3.39. The van der Waals surface area contributed by atoms with Crippen LogP contribution in [-0.2, 0) is 15.8 Å². The second-order valence-corrected chi connectivity index (χ2v) is 5.23. The number of nitrogens with one attached hydrogen (secondary N) is 1. The van der Waals surface area contributed by atoms with E-state index in [-0.39, 0.29) is 5.75 Å². The van der Waals surface area contributed by atoms with E-state index in [2.05, 4.69) is 4.72 Å². The Morgan fingerprint density at radius 3 is 2.69 bits per heavy atom. The molecule has 86 valence electrons. The van der Waals surface area contributed by atoms with Crippen LogP contribution in [0.15, 0.2) is 24.3 Å².